The lowest BCUT2D eigenvalue weighted by Gasteiger charge is -2.10. The Balaban J connectivity index is 2.66. The number of aromatic nitrogens is 2. The molecule has 16 heavy (non-hydrogen) atoms. The molecular weight excluding hydrogens is 212 g/mol. The van der Waals surface area contributed by atoms with Crippen molar-refractivity contribution in [2.75, 3.05) is 19.0 Å². The van der Waals surface area contributed by atoms with E-state index in [2.05, 4.69) is 15.3 Å². The van der Waals surface area contributed by atoms with E-state index in [1.165, 1.54) is 7.11 Å². The van der Waals surface area contributed by atoms with Crippen LogP contribution in [0, 0.1) is 6.92 Å². The zero-order valence-corrected chi connectivity index (χ0v) is 9.10. The van der Waals surface area contributed by atoms with Gasteiger partial charge in [0.15, 0.2) is 0 Å². The molecule has 88 valence electrons. The van der Waals surface area contributed by atoms with Crippen LogP contribution in [-0.2, 0) is 4.79 Å². The minimum Gasteiger partial charge on any atom is -0.481 e. The maximum Gasteiger partial charge on any atom is 0.248 e. The normalized spacial score (nSPS) is 11.9. The van der Waals surface area contributed by atoms with Crippen molar-refractivity contribution >= 4 is 11.7 Å². The van der Waals surface area contributed by atoms with E-state index < -0.39 is 12.0 Å². The number of aliphatic hydroxyl groups excluding tert-OH is 1. The molecule has 1 atom stereocenters. The number of aliphatic hydroxyl groups is 1. The molecule has 1 unspecified atom stereocenters. The van der Waals surface area contributed by atoms with Crippen LogP contribution in [0.2, 0.25) is 0 Å². The number of hydrogen-bond acceptors (Lipinski definition) is 6. The summed E-state index contributed by atoms with van der Waals surface area (Å²) >= 11 is 0. The van der Waals surface area contributed by atoms with Crippen LogP contribution in [0.15, 0.2) is 6.07 Å². The summed E-state index contributed by atoms with van der Waals surface area (Å²) < 4.78 is 4.94. The fourth-order valence-electron chi connectivity index (χ4n) is 1.04. The van der Waals surface area contributed by atoms with Gasteiger partial charge in [-0.1, -0.05) is 0 Å². The van der Waals surface area contributed by atoms with Crippen molar-refractivity contribution < 1.29 is 14.6 Å². The van der Waals surface area contributed by atoms with Crippen molar-refractivity contribution in [3.63, 3.8) is 0 Å². The topological polar surface area (TPSA) is 110 Å². The zero-order chi connectivity index (χ0) is 12.1. The van der Waals surface area contributed by atoms with Gasteiger partial charge in [-0.3, -0.25) is 4.79 Å². The smallest absolute Gasteiger partial charge is 0.248 e. The number of carbonyl (C=O) groups excluding carboxylic acids is 1. The number of ether oxygens (including phenoxy) is 1. The van der Waals surface area contributed by atoms with Gasteiger partial charge in [-0.2, -0.15) is 4.98 Å². The summed E-state index contributed by atoms with van der Waals surface area (Å²) in [4.78, 5) is 18.6. The van der Waals surface area contributed by atoms with Gasteiger partial charge in [-0.25, -0.2) is 4.98 Å². The standard InChI is InChI=1S/C9H14N4O3/c1-5-12-7(3-8(13-5)16-2)11-4-6(14)9(10)15/h3,6,14H,4H2,1-2H3,(H2,10,15)(H,11,12,13). The molecule has 0 spiro atoms. The van der Waals surface area contributed by atoms with E-state index >= 15 is 0 Å². The molecule has 1 aromatic rings. The molecule has 1 aromatic heterocycles. The highest BCUT2D eigenvalue weighted by atomic mass is 16.5. The number of nitrogens with one attached hydrogen (secondary N) is 1. The molecule has 0 aliphatic rings. The zero-order valence-electron chi connectivity index (χ0n) is 9.10. The maximum atomic E-state index is 10.6. The Morgan fingerprint density at radius 1 is 1.69 bits per heavy atom. The lowest BCUT2D eigenvalue weighted by molar-refractivity contribution is -0.125. The second-order valence-corrected chi connectivity index (χ2v) is 3.14. The largest absolute Gasteiger partial charge is 0.481 e. The fourth-order valence-corrected chi connectivity index (χ4v) is 1.04. The Morgan fingerprint density at radius 2 is 2.38 bits per heavy atom. The summed E-state index contributed by atoms with van der Waals surface area (Å²) in [6.45, 7) is 1.70. The summed E-state index contributed by atoms with van der Waals surface area (Å²) in [5, 5.41) is 11.9. The molecular formula is C9H14N4O3. The van der Waals surface area contributed by atoms with Gasteiger partial charge in [0.25, 0.3) is 0 Å². The summed E-state index contributed by atoms with van der Waals surface area (Å²) in [7, 11) is 1.49. The van der Waals surface area contributed by atoms with E-state index in [0.29, 0.717) is 17.5 Å². The number of rotatable bonds is 5. The molecule has 0 fully saturated rings. The molecule has 0 aliphatic carbocycles. The average molecular weight is 226 g/mol. The monoisotopic (exact) mass is 226 g/mol. The van der Waals surface area contributed by atoms with Gasteiger partial charge in [-0.15, -0.1) is 0 Å². The lowest BCUT2D eigenvalue weighted by Crippen LogP contribution is -2.34. The van der Waals surface area contributed by atoms with Crippen molar-refractivity contribution in [2.24, 2.45) is 5.73 Å². The Kier molecular flexibility index (Phi) is 4.01. The van der Waals surface area contributed by atoms with Crippen molar-refractivity contribution in [3.05, 3.63) is 11.9 Å². The number of carbonyl (C=O) groups is 1. The number of hydrogen-bond donors (Lipinski definition) is 3. The van der Waals surface area contributed by atoms with Gasteiger partial charge in [0.2, 0.25) is 11.8 Å². The van der Waals surface area contributed by atoms with E-state index in [1.54, 1.807) is 13.0 Å². The van der Waals surface area contributed by atoms with Gasteiger partial charge in [0.1, 0.15) is 17.7 Å². The van der Waals surface area contributed by atoms with Gasteiger partial charge in [0.05, 0.1) is 13.7 Å². The molecule has 7 nitrogen and oxygen atoms in total. The second-order valence-electron chi connectivity index (χ2n) is 3.14. The predicted molar refractivity (Wildman–Crippen MR) is 57.0 cm³/mol. The summed E-state index contributed by atoms with van der Waals surface area (Å²) in [6.07, 6.45) is -1.25. The van der Waals surface area contributed by atoms with Crippen LogP contribution >= 0.6 is 0 Å². The third-order valence-corrected chi connectivity index (χ3v) is 1.83. The SMILES string of the molecule is COc1cc(NCC(O)C(N)=O)nc(C)n1. The van der Waals surface area contributed by atoms with Crippen LogP contribution in [-0.4, -0.2) is 40.7 Å². The van der Waals surface area contributed by atoms with Crippen LogP contribution in [0.4, 0.5) is 5.82 Å². The van der Waals surface area contributed by atoms with Gasteiger partial charge >= 0.3 is 0 Å². The van der Waals surface area contributed by atoms with E-state index in [-0.39, 0.29) is 6.54 Å². The molecule has 0 saturated carbocycles. The Labute approximate surface area is 92.7 Å². The second kappa shape index (κ2) is 5.26. The van der Waals surface area contributed by atoms with Crippen LogP contribution in [0.3, 0.4) is 0 Å². The predicted octanol–water partition coefficient (Wildman–Crippen LogP) is -0.948. The first-order valence-corrected chi connectivity index (χ1v) is 4.64. The highest BCUT2D eigenvalue weighted by Crippen LogP contribution is 2.12. The average Bonchev–Trinajstić information content (AvgIpc) is 2.24. The third kappa shape index (κ3) is 3.35. The number of nitrogens with two attached hydrogens (primary N) is 1. The molecule has 1 amide bonds. The van der Waals surface area contributed by atoms with Gasteiger partial charge < -0.3 is 20.9 Å². The van der Waals surface area contributed by atoms with Crippen LogP contribution in [0.1, 0.15) is 5.82 Å². The molecule has 1 heterocycles. The minimum atomic E-state index is -1.25. The number of aryl methyl sites for hydroxylation is 1. The van der Waals surface area contributed by atoms with Crippen LogP contribution in [0.5, 0.6) is 5.88 Å². The fraction of sp³-hybridized carbons (Fsp3) is 0.444. The first-order chi connectivity index (χ1) is 7.52. The molecule has 0 aliphatic heterocycles. The number of nitrogens with zero attached hydrogens (tertiary/aromatic N) is 2. The first-order valence-electron chi connectivity index (χ1n) is 4.64. The lowest BCUT2D eigenvalue weighted by atomic mass is 10.3. The van der Waals surface area contributed by atoms with E-state index in [9.17, 15) is 9.90 Å². The molecule has 7 heteroatoms. The molecule has 0 aromatic carbocycles. The summed E-state index contributed by atoms with van der Waals surface area (Å²) in [5.74, 6) is 0.605. The number of primary amides is 1. The highest BCUT2D eigenvalue weighted by Gasteiger charge is 2.10. The summed E-state index contributed by atoms with van der Waals surface area (Å²) in [5.41, 5.74) is 4.90. The van der Waals surface area contributed by atoms with E-state index in [1.807, 2.05) is 0 Å². The van der Waals surface area contributed by atoms with Crippen LogP contribution in [0.25, 0.3) is 0 Å². The van der Waals surface area contributed by atoms with E-state index in [0.717, 1.165) is 0 Å². The third-order valence-electron chi connectivity index (χ3n) is 1.83. The maximum absolute atomic E-state index is 10.6. The van der Waals surface area contributed by atoms with Crippen molar-refractivity contribution in [3.8, 4) is 5.88 Å². The molecule has 0 radical (unpaired) electrons. The van der Waals surface area contributed by atoms with Crippen LogP contribution < -0.4 is 15.8 Å². The van der Waals surface area contributed by atoms with Gasteiger partial charge in [-0.05, 0) is 6.92 Å². The van der Waals surface area contributed by atoms with Crippen molar-refractivity contribution in [1.29, 1.82) is 0 Å². The van der Waals surface area contributed by atoms with Crippen molar-refractivity contribution in [1.82, 2.24) is 9.97 Å². The Bertz CT molecular complexity index is 383. The first kappa shape index (κ1) is 12.2. The van der Waals surface area contributed by atoms with E-state index in [4.69, 9.17) is 10.5 Å². The number of amides is 1. The summed E-state index contributed by atoms with van der Waals surface area (Å²) in [6, 6.07) is 1.56. The molecule has 0 bridgehead atoms. The Hall–Kier alpha value is -1.89. The highest BCUT2D eigenvalue weighted by molar-refractivity contribution is 5.79. The minimum absolute atomic E-state index is 0.00502. The molecule has 1 rings (SSSR count). The van der Waals surface area contributed by atoms with Gasteiger partial charge in [0, 0.05) is 6.07 Å². The number of methoxy groups -OCH3 is 1. The molecule has 0 saturated heterocycles. The number of anilines is 1. The Morgan fingerprint density at radius 3 is 2.94 bits per heavy atom. The quantitative estimate of drug-likeness (QED) is 0.597. The van der Waals surface area contributed by atoms with Crippen molar-refractivity contribution in [2.45, 2.75) is 13.0 Å². The molecule has 4 N–H and O–H groups in total.